The van der Waals surface area contributed by atoms with Crippen molar-refractivity contribution in [2.45, 2.75) is 26.4 Å². The number of carboxylic acids is 1. The normalized spacial score (nSPS) is 11.4. The van der Waals surface area contributed by atoms with Gasteiger partial charge < -0.3 is 20.9 Å². The summed E-state index contributed by atoms with van der Waals surface area (Å²) >= 11 is 0. The molecular weight excluding hydrogens is 272 g/mol. The van der Waals surface area contributed by atoms with Gasteiger partial charge in [0.15, 0.2) is 0 Å². The number of rotatable bonds is 4. The van der Waals surface area contributed by atoms with Crippen LogP contribution in [0.5, 0.6) is 0 Å². The van der Waals surface area contributed by atoms with Gasteiger partial charge in [-0.1, -0.05) is 12.2 Å². The number of anilines is 1. The van der Waals surface area contributed by atoms with Crippen LogP contribution in [0.4, 0.5) is 10.5 Å². The Morgan fingerprint density at radius 2 is 2.05 bits per heavy atom. The van der Waals surface area contributed by atoms with E-state index in [1.807, 2.05) is 0 Å². The Kier molecular flexibility index (Phi) is 5.35. The zero-order valence-electron chi connectivity index (χ0n) is 12.3. The van der Waals surface area contributed by atoms with Gasteiger partial charge >= 0.3 is 12.1 Å². The second-order valence-corrected chi connectivity index (χ2v) is 5.43. The molecule has 0 saturated heterocycles. The minimum absolute atomic E-state index is 0.156. The number of nitrogens with one attached hydrogen (secondary N) is 1. The van der Waals surface area contributed by atoms with Crippen LogP contribution in [0, 0.1) is 0 Å². The van der Waals surface area contributed by atoms with E-state index in [9.17, 15) is 9.59 Å². The fraction of sp³-hybridized carbons (Fsp3) is 0.333. The lowest BCUT2D eigenvalue weighted by Crippen LogP contribution is -2.32. The number of hydrogen-bond donors (Lipinski definition) is 3. The van der Waals surface area contributed by atoms with Crippen LogP contribution in [0.2, 0.25) is 0 Å². The molecule has 0 fully saturated rings. The van der Waals surface area contributed by atoms with Gasteiger partial charge in [-0.15, -0.1) is 0 Å². The molecule has 0 heterocycles. The molecule has 1 aromatic carbocycles. The molecule has 0 radical (unpaired) electrons. The Labute approximate surface area is 123 Å². The number of nitrogens with two attached hydrogens (primary N) is 1. The summed E-state index contributed by atoms with van der Waals surface area (Å²) in [7, 11) is 0. The fourth-order valence-electron chi connectivity index (χ4n) is 1.49. The number of carboxylic acid groups (broad SMARTS) is 1. The van der Waals surface area contributed by atoms with E-state index in [1.165, 1.54) is 18.2 Å². The molecule has 6 heteroatoms. The molecule has 6 nitrogen and oxygen atoms in total. The van der Waals surface area contributed by atoms with Crippen LogP contribution in [0.3, 0.4) is 0 Å². The molecule has 1 amide bonds. The predicted octanol–water partition coefficient (Wildman–Crippen LogP) is 2.50. The molecule has 114 valence electrons. The molecule has 1 rings (SSSR count). The fourth-order valence-corrected chi connectivity index (χ4v) is 1.49. The van der Waals surface area contributed by atoms with Crippen LogP contribution in [0.1, 0.15) is 36.7 Å². The van der Waals surface area contributed by atoms with Crippen LogP contribution in [-0.4, -0.2) is 29.3 Å². The van der Waals surface area contributed by atoms with Crippen LogP contribution in [-0.2, 0) is 4.74 Å². The number of hydrogen-bond acceptors (Lipinski definition) is 4. The molecule has 0 aliphatic carbocycles. The number of carbonyl (C=O) groups is 2. The number of amides is 1. The lowest BCUT2D eigenvalue weighted by Gasteiger charge is -2.19. The third kappa shape index (κ3) is 5.99. The number of carbonyl (C=O) groups excluding carboxylic acids is 1. The van der Waals surface area contributed by atoms with Gasteiger partial charge in [0.05, 0.1) is 5.56 Å². The Balaban J connectivity index is 2.60. The summed E-state index contributed by atoms with van der Waals surface area (Å²) in [6.45, 7) is 5.59. The molecule has 1 aromatic rings. The molecule has 0 bridgehead atoms. The average Bonchev–Trinajstić information content (AvgIpc) is 2.34. The molecule has 0 unspecified atom stereocenters. The third-order valence-electron chi connectivity index (χ3n) is 2.39. The highest BCUT2D eigenvalue weighted by atomic mass is 16.6. The molecule has 0 aromatic heterocycles. The Bertz CT molecular complexity index is 559. The summed E-state index contributed by atoms with van der Waals surface area (Å²) in [5, 5.41) is 11.5. The van der Waals surface area contributed by atoms with E-state index in [4.69, 9.17) is 15.6 Å². The number of aromatic carboxylic acids is 1. The van der Waals surface area contributed by atoms with Crippen molar-refractivity contribution in [2.24, 2.45) is 0 Å². The summed E-state index contributed by atoms with van der Waals surface area (Å²) < 4.78 is 5.08. The van der Waals surface area contributed by atoms with Crippen LogP contribution in [0.25, 0.3) is 6.08 Å². The Morgan fingerprint density at radius 3 is 2.62 bits per heavy atom. The Hall–Kier alpha value is -2.50. The van der Waals surface area contributed by atoms with Crippen LogP contribution in [0.15, 0.2) is 24.3 Å². The summed E-state index contributed by atoms with van der Waals surface area (Å²) in [6, 6.07) is 4.44. The van der Waals surface area contributed by atoms with Gasteiger partial charge in [0.2, 0.25) is 0 Å². The van der Waals surface area contributed by atoms with Gasteiger partial charge in [-0.25, -0.2) is 9.59 Å². The largest absolute Gasteiger partial charge is 0.478 e. The summed E-state index contributed by atoms with van der Waals surface area (Å²) in [6.07, 6.45) is 2.81. The standard InChI is InChI=1S/C15H20N2O4/c1-15(2,3)21-14(20)17-8-4-5-10-9-11(13(18)19)6-7-12(10)16/h4-7,9H,8,16H2,1-3H3,(H,17,20)(H,18,19). The summed E-state index contributed by atoms with van der Waals surface area (Å²) in [4.78, 5) is 22.3. The highest BCUT2D eigenvalue weighted by Crippen LogP contribution is 2.15. The SMILES string of the molecule is CC(C)(C)OC(=O)NCC=Cc1cc(C(=O)O)ccc1N. The van der Waals surface area contributed by atoms with Crippen molar-refractivity contribution >= 4 is 23.8 Å². The van der Waals surface area contributed by atoms with Crippen molar-refractivity contribution in [1.82, 2.24) is 5.32 Å². The lowest BCUT2D eigenvalue weighted by molar-refractivity contribution is 0.0533. The van der Waals surface area contributed by atoms with Crippen molar-refractivity contribution in [2.75, 3.05) is 12.3 Å². The van der Waals surface area contributed by atoms with Crippen molar-refractivity contribution in [3.8, 4) is 0 Å². The number of ether oxygens (including phenoxy) is 1. The quantitative estimate of drug-likeness (QED) is 0.740. The molecule has 4 N–H and O–H groups in total. The van der Waals surface area contributed by atoms with Gasteiger partial charge in [-0.2, -0.15) is 0 Å². The van der Waals surface area contributed by atoms with Crippen LogP contribution < -0.4 is 11.1 Å². The van der Waals surface area contributed by atoms with Gasteiger partial charge in [-0.05, 0) is 44.5 Å². The predicted molar refractivity (Wildman–Crippen MR) is 81.1 cm³/mol. The van der Waals surface area contributed by atoms with Crippen LogP contribution >= 0.6 is 0 Å². The van der Waals surface area contributed by atoms with E-state index in [2.05, 4.69) is 5.32 Å². The van der Waals surface area contributed by atoms with E-state index in [0.29, 0.717) is 11.3 Å². The zero-order valence-corrected chi connectivity index (χ0v) is 12.3. The maximum Gasteiger partial charge on any atom is 0.407 e. The molecule has 0 spiro atoms. The first-order chi connectivity index (χ1) is 9.69. The maximum absolute atomic E-state index is 11.4. The number of benzene rings is 1. The number of alkyl carbamates (subject to hydrolysis) is 1. The minimum atomic E-state index is -1.02. The highest BCUT2D eigenvalue weighted by Gasteiger charge is 2.15. The van der Waals surface area contributed by atoms with Gasteiger partial charge in [-0.3, -0.25) is 0 Å². The van der Waals surface area contributed by atoms with E-state index < -0.39 is 17.7 Å². The van der Waals surface area contributed by atoms with E-state index in [-0.39, 0.29) is 12.1 Å². The monoisotopic (exact) mass is 292 g/mol. The smallest absolute Gasteiger partial charge is 0.407 e. The van der Waals surface area contributed by atoms with Crippen molar-refractivity contribution in [1.29, 1.82) is 0 Å². The first kappa shape index (κ1) is 16.6. The van der Waals surface area contributed by atoms with Crippen molar-refractivity contribution in [3.63, 3.8) is 0 Å². The molecule has 0 saturated carbocycles. The Morgan fingerprint density at radius 1 is 1.38 bits per heavy atom. The highest BCUT2D eigenvalue weighted by molar-refractivity contribution is 5.89. The van der Waals surface area contributed by atoms with Crippen molar-refractivity contribution < 1.29 is 19.4 Å². The zero-order chi connectivity index (χ0) is 16.0. The van der Waals surface area contributed by atoms with Gasteiger partial charge in [0.1, 0.15) is 5.60 Å². The van der Waals surface area contributed by atoms with E-state index >= 15 is 0 Å². The second-order valence-electron chi connectivity index (χ2n) is 5.43. The molecule has 0 atom stereocenters. The summed E-state index contributed by atoms with van der Waals surface area (Å²) in [5.74, 6) is -1.02. The van der Waals surface area contributed by atoms with Crippen molar-refractivity contribution in [3.05, 3.63) is 35.4 Å². The molecular formula is C15H20N2O4. The number of nitrogen functional groups attached to an aromatic ring is 1. The lowest BCUT2D eigenvalue weighted by atomic mass is 10.1. The average molecular weight is 292 g/mol. The van der Waals surface area contributed by atoms with Gasteiger partial charge in [0, 0.05) is 12.2 Å². The topological polar surface area (TPSA) is 102 Å². The molecule has 21 heavy (non-hydrogen) atoms. The maximum atomic E-state index is 11.4. The van der Waals surface area contributed by atoms with E-state index in [0.717, 1.165) is 0 Å². The van der Waals surface area contributed by atoms with E-state index in [1.54, 1.807) is 32.9 Å². The molecule has 0 aliphatic rings. The first-order valence-electron chi connectivity index (χ1n) is 6.45. The first-order valence-corrected chi connectivity index (χ1v) is 6.45. The second kappa shape index (κ2) is 6.78. The van der Waals surface area contributed by atoms with Gasteiger partial charge in [0.25, 0.3) is 0 Å². The minimum Gasteiger partial charge on any atom is -0.478 e. The summed E-state index contributed by atoms with van der Waals surface area (Å²) in [5.41, 5.74) is 6.42. The third-order valence-corrected chi connectivity index (χ3v) is 2.39. The molecule has 0 aliphatic heterocycles.